The first-order valence-corrected chi connectivity index (χ1v) is 8.91. The third kappa shape index (κ3) is 4.76. The van der Waals surface area contributed by atoms with Crippen molar-refractivity contribution in [2.24, 2.45) is 12.0 Å². The Morgan fingerprint density at radius 3 is 2.04 bits per heavy atom. The molecule has 1 heterocycles. The number of guanidine groups is 1. The van der Waals surface area contributed by atoms with E-state index in [4.69, 9.17) is 0 Å². The number of aliphatic imine (C=N–C) groups is 1. The van der Waals surface area contributed by atoms with Crippen LogP contribution in [0.5, 0.6) is 0 Å². The van der Waals surface area contributed by atoms with Crippen LogP contribution in [0.15, 0.2) is 84.1 Å². The number of aryl methyl sites for hydroxylation is 1. The minimum Gasteiger partial charge on any atom is -0.357 e. The van der Waals surface area contributed by atoms with Crippen molar-refractivity contribution in [3.8, 4) is 0 Å². The Morgan fingerprint density at radius 1 is 0.923 bits per heavy atom. The summed E-state index contributed by atoms with van der Waals surface area (Å²) in [6.07, 6.45) is 4.16. The lowest BCUT2D eigenvalue weighted by atomic mass is 9.91. The largest absolute Gasteiger partial charge is 0.357 e. The van der Waals surface area contributed by atoms with Crippen molar-refractivity contribution >= 4 is 5.96 Å². The molecule has 0 saturated heterocycles. The number of nitrogens with zero attached hydrogens (tertiary/aromatic N) is 2. The topological polar surface area (TPSA) is 41.4 Å². The van der Waals surface area contributed by atoms with E-state index >= 15 is 0 Å². The molecule has 3 aromatic rings. The average Bonchev–Trinajstić information content (AvgIpc) is 3.11. The second kappa shape index (κ2) is 8.90. The van der Waals surface area contributed by atoms with E-state index in [0.717, 1.165) is 19.0 Å². The number of benzene rings is 2. The van der Waals surface area contributed by atoms with E-state index in [1.165, 1.54) is 16.7 Å². The third-order valence-electron chi connectivity index (χ3n) is 4.45. The Labute approximate surface area is 155 Å². The summed E-state index contributed by atoms with van der Waals surface area (Å²) in [4.78, 5) is 4.36. The lowest BCUT2D eigenvalue weighted by molar-refractivity contribution is 0.727. The summed E-state index contributed by atoms with van der Waals surface area (Å²) in [5.74, 6) is 1.08. The molecule has 0 unspecified atom stereocenters. The predicted octanol–water partition coefficient (Wildman–Crippen LogP) is 3.52. The first-order chi connectivity index (χ1) is 12.8. The van der Waals surface area contributed by atoms with Crippen LogP contribution >= 0.6 is 0 Å². The number of hydrogen-bond acceptors (Lipinski definition) is 1. The minimum absolute atomic E-state index is 0.271. The maximum Gasteiger partial charge on any atom is 0.191 e. The first kappa shape index (κ1) is 17.8. The zero-order chi connectivity index (χ0) is 18.2. The SMILES string of the molecule is CN=C(NCc1ccn(C)c1)NCC(c1ccccc1)c1ccccc1. The van der Waals surface area contributed by atoms with Crippen molar-refractivity contribution in [1.82, 2.24) is 15.2 Å². The van der Waals surface area contributed by atoms with Crippen LogP contribution in [-0.2, 0) is 13.6 Å². The fraction of sp³-hybridized carbons (Fsp3) is 0.227. The summed E-state index contributed by atoms with van der Waals surface area (Å²) in [6.45, 7) is 1.53. The fourth-order valence-electron chi connectivity index (χ4n) is 3.07. The Hall–Kier alpha value is -3.01. The van der Waals surface area contributed by atoms with Gasteiger partial charge < -0.3 is 15.2 Å². The van der Waals surface area contributed by atoms with E-state index in [2.05, 4.69) is 88.6 Å². The molecule has 0 saturated carbocycles. The minimum atomic E-state index is 0.271. The van der Waals surface area contributed by atoms with Crippen LogP contribution in [0.2, 0.25) is 0 Å². The van der Waals surface area contributed by atoms with Gasteiger partial charge in [0.15, 0.2) is 5.96 Å². The average molecular weight is 346 g/mol. The molecule has 0 fully saturated rings. The van der Waals surface area contributed by atoms with E-state index in [-0.39, 0.29) is 5.92 Å². The smallest absolute Gasteiger partial charge is 0.191 e. The molecule has 0 aliphatic carbocycles. The van der Waals surface area contributed by atoms with Crippen molar-refractivity contribution < 1.29 is 0 Å². The number of rotatable bonds is 6. The van der Waals surface area contributed by atoms with E-state index in [0.29, 0.717) is 0 Å². The maximum atomic E-state index is 4.36. The van der Waals surface area contributed by atoms with Crippen LogP contribution in [0.25, 0.3) is 0 Å². The maximum absolute atomic E-state index is 4.36. The number of aromatic nitrogens is 1. The summed E-state index contributed by atoms with van der Waals surface area (Å²) in [7, 11) is 3.83. The predicted molar refractivity (Wildman–Crippen MR) is 108 cm³/mol. The Morgan fingerprint density at radius 2 is 1.54 bits per heavy atom. The summed E-state index contributed by atoms with van der Waals surface area (Å²) >= 11 is 0. The lowest BCUT2D eigenvalue weighted by Crippen LogP contribution is -2.39. The Balaban J connectivity index is 1.66. The second-order valence-electron chi connectivity index (χ2n) is 6.37. The van der Waals surface area contributed by atoms with Gasteiger partial charge >= 0.3 is 0 Å². The molecule has 0 bridgehead atoms. The summed E-state index contributed by atoms with van der Waals surface area (Å²) in [5, 5.41) is 6.86. The Bertz CT molecular complexity index is 782. The van der Waals surface area contributed by atoms with Crippen molar-refractivity contribution in [2.75, 3.05) is 13.6 Å². The van der Waals surface area contributed by atoms with Crippen LogP contribution in [0.3, 0.4) is 0 Å². The molecule has 2 aromatic carbocycles. The van der Waals surface area contributed by atoms with Gasteiger partial charge in [-0.2, -0.15) is 0 Å². The van der Waals surface area contributed by atoms with Crippen LogP contribution in [0.4, 0.5) is 0 Å². The van der Waals surface area contributed by atoms with Gasteiger partial charge in [0.2, 0.25) is 0 Å². The van der Waals surface area contributed by atoms with Gasteiger partial charge in [-0.3, -0.25) is 4.99 Å². The quantitative estimate of drug-likeness (QED) is 0.530. The van der Waals surface area contributed by atoms with Crippen molar-refractivity contribution in [3.63, 3.8) is 0 Å². The molecule has 26 heavy (non-hydrogen) atoms. The first-order valence-electron chi connectivity index (χ1n) is 8.91. The molecular weight excluding hydrogens is 320 g/mol. The van der Waals surface area contributed by atoms with Gasteiger partial charge in [-0.1, -0.05) is 60.7 Å². The van der Waals surface area contributed by atoms with Crippen molar-refractivity contribution in [2.45, 2.75) is 12.5 Å². The van der Waals surface area contributed by atoms with Gasteiger partial charge in [0.25, 0.3) is 0 Å². The highest BCUT2D eigenvalue weighted by molar-refractivity contribution is 5.79. The molecule has 4 heteroatoms. The highest BCUT2D eigenvalue weighted by Gasteiger charge is 2.14. The fourth-order valence-corrected chi connectivity index (χ4v) is 3.07. The molecular formula is C22H26N4. The zero-order valence-corrected chi connectivity index (χ0v) is 15.4. The molecule has 0 aliphatic heterocycles. The highest BCUT2D eigenvalue weighted by Crippen LogP contribution is 2.23. The van der Waals surface area contributed by atoms with E-state index in [1.54, 1.807) is 7.05 Å². The number of nitrogens with one attached hydrogen (secondary N) is 2. The molecule has 0 amide bonds. The molecule has 0 spiro atoms. The lowest BCUT2D eigenvalue weighted by Gasteiger charge is -2.20. The summed E-state index contributed by atoms with van der Waals surface area (Å²) in [5.41, 5.74) is 3.83. The van der Waals surface area contributed by atoms with E-state index in [9.17, 15) is 0 Å². The molecule has 0 aliphatic rings. The molecule has 134 valence electrons. The normalized spacial score (nSPS) is 11.6. The number of hydrogen-bond donors (Lipinski definition) is 2. The highest BCUT2D eigenvalue weighted by atomic mass is 15.2. The van der Waals surface area contributed by atoms with E-state index < -0.39 is 0 Å². The van der Waals surface area contributed by atoms with Gasteiger partial charge in [0.05, 0.1) is 0 Å². The van der Waals surface area contributed by atoms with Crippen LogP contribution in [0, 0.1) is 0 Å². The molecule has 4 nitrogen and oxygen atoms in total. The standard InChI is InChI=1S/C22H26N4/c1-23-22(24-15-18-13-14-26(2)17-18)25-16-21(19-9-5-3-6-10-19)20-11-7-4-8-12-20/h3-14,17,21H,15-16H2,1-2H3,(H2,23,24,25). The van der Waals surface area contributed by atoms with E-state index in [1.807, 2.05) is 17.8 Å². The second-order valence-corrected chi connectivity index (χ2v) is 6.37. The molecule has 2 N–H and O–H groups in total. The van der Waals surface area contributed by atoms with Gasteiger partial charge in [0, 0.05) is 45.5 Å². The molecule has 3 rings (SSSR count). The van der Waals surface area contributed by atoms with Crippen molar-refractivity contribution in [3.05, 3.63) is 95.8 Å². The van der Waals surface area contributed by atoms with Gasteiger partial charge in [-0.15, -0.1) is 0 Å². The van der Waals surface area contributed by atoms with Gasteiger partial charge in [0.1, 0.15) is 0 Å². The van der Waals surface area contributed by atoms with Crippen molar-refractivity contribution in [1.29, 1.82) is 0 Å². The van der Waals surface area contributed by atoms with Gasteiger partial charge in [-0.25, -0.2) is 0 Å². The molecule has 1 aromatic heterocycles. The monoisotopic (exact) mass is 346 g/mol. The van der Waals surface area contributed by atoms with Crippen LogP contribution in [0.1, 0.15) is 22.6 Å². The zero-order valence-electron chi connectivity index (χ0n) is 15.4. The van der Waals surface area contributed by atoms with Gasteiger partial charge in [-0.05, 0) is 22.8 Å². The Kier molecular flexibility index (Phi) is 6.09. The summed E-state index contributed by atoms with van der Waals surface area (Å²) in [6, 6.07) is 23.3. The van der Waals surface area contributed by atoms with Crippen LogP contribution < -0.4 is 10.6 Å². The third-order valence-corrected chi connectivity index (χ3v) is 4.45. The molecule has 0 radical (unpaired) electrons. The summed E-state index contributed by atoms with van der Waals surface area (Å²) < 4.78 is 2.05. The molecule has 0 atom stereocenters. The van der Waals surface area contributed by atoms with Crippen LogP contribution in [-0.4, -0.2) is 24.1 Å².